The van der Waals surface area contributed by atoms with E-state index < -0.39 is 17.9 Å². The van der Waals surface area contributed by atoms with E-state index in [4.69, 9.17) is 15.3 Å². The molecule has 352 valence electrons. The summed E-state index contributed by atoms with van der Waals surface area (Å²) in [5.41, 5.74) is 0. The van der Waals surface area contributed by atoms with Gasteiger partial charge in [0.15, 0.2) is 0 Å². The number of carboxylic acid groups (broad SMARTS) is 3. The molecule has 3 N–H and O–H groups in total. The van der Waals surface area contributed by atoms with Gasteiger partial charge in [0.1, 0.15) is 0 Å². The number of carboxylic acids is 3. The number of allylic oxidation sites excluding steroid dienone is 8. The molecule has 0 aliphatic rings. The van der Waals surface area contributed by atoms with Crippen LogP contribution in [0.3, 0.4) is 0 Å². The summed E-state index contributed by atoms with van der Waals surface area (Å²) < 4.78 is 0. The molecule has 0 spiro atoms. The van der Waals surface area contributed by atoms with Crippen LogP contribution in [0.2, 0.25) is 0 Å². The van der Waals surface area contributed by atoms with Gasteiger partial charge < -0.3 is 15.3 Å². The first kappa shape index (κ1) is 61.7. The minimum absolute atomic E-state index is 0.262. The summed E-state index contributed by atoms with van der Waals surface area (Å²) in [6, 6.07) is 0. The zero-order chi connectivity index (χ0) is 44.7. The van der Waals surface area contributed by atoms with Crippen molar-refractivity contribution in [1.29, 1.82) is 0 Å². The van der Waals surface area contributed by atoms with Gasteiger partial charge in [-0.05, 0) is 57.8 Å². The Morgan fingerprint density at radius 3 is 0.733 bits per heavy atom. The van der Waals surface area contributed by atoms with Crippen molar-refractivity contribution in [3.63, 3.8) is 0 Å². The van der Waals surface area contributed by atoms with Gasteiger partial charge in [-0.25, -0.2) is 0 Å². The van der Waals surface area contributed by atoms with Gasteiger partial charge in [0.25, 0.3) is 0 Å². The molecule has 6 heteroatoms. The molecular weight excluding hydrogens is 745 g/mol. The highest BCUT2D eigenvalue weighted by Crippen LogP contribution is 2.15. The quantitative estimate of drug-likeness (QED) is 0.0416. The van der Waals surface area contributed by atoms with Gasteiger partial charge in [0.2, 0.25) is 0 Å². The van der Waals surface area contributed by atoms with Crippen LogP contribution in [0.15, 0.2) is 48.6 Å². The number of hydrogen-bond donors (Lipinski definition) is 3. The van der Waals surface area contributed by atoms with E-state index in [9.17, 15) is 14.4 Å². The van der Waals surface area contributed by atoms with Crippen molar-refractivity contribution in [3.8, 4) is 0 Å². The lowest BCUT2D eigenvalue weighted by molar-refractivity contribution is -0.138. The van der Waals surface area contributed by atoms with E-state index in [0.29, 0.717) is 12.8 Å². The second-order valence-corrected chi connectivity index (χ2v) is 16.9. The Morgan fingerprint density at radius 1 is 0.267 bits per heavy atom. The van der Waals surface area contributed by atoms with E-state index in [1.165, 1.54) is 180 Å². The molecule has 0 aromatic heterocycles. The summed E-state index contributed by atoms with van der Waals surface area (Å²) in [7, 11) is 0. The molecule has 0 heterocycles. The Bertz CT molecular complexity index is 981. The molecule has 0 aliphatic heterocycles. The van der Waals surface area contributed by atoms with E-state index in [1.54, 1.807) is 0 Å². The number of unbranched alkanes of at least 4 members (excludes halogenated alkanes) is 30. The van der Waals surface area contributed by atoms with Crippen LogP contribution in [0, 0.1) is 0 Å². The van der Waals surface area contributed by atoms with Crippen molar-refractivity contribution in [3.05, 3.63) is 48.6 Å². The van der Waals surface area contributed by atoms with Gasteiger partial charge in [-0.1, -0.05) is 249 Å². The Morgan fingerprint density at radius 2 is 0.467 bits per heavy atom. The predicted octanol–water partition coefficient (Wildman–Crippen LogP) is 18.1. The second kappa shape index (κ2) is 58.5. The van der Waals surface area contributed by atoms with Gasteiger partial charge in [-0.2, -0.15) is 0 Å². The fourth-order valence-electron chi connectivity index (χ4n) is 6.87. The molecule has 0 bridgehead atoms. The molecule has 0 fully saturated rings. The van der Waals surface area contributed by atoms with Crippen molar-refractivity contribution in [1.82, 2.24) is 0 Å². The maximum Gasteiger partial charge on any atom is 0.303 e. The molecule has 0 atom stereocenters. The third-order valence-corrected chi connectivity index (χ3v) is 10.7. The molecule has 0 amide bonds. The third-order valence-electron chi connectivity index (χ3n) is 10.7. The molecule has 0 saturated carbocycles. The van der Waals surface area contributed by atoms with Crippen molar-refractivity contribution < 1.29 is 29.7 Å². The summed E-state index contributed by atoms with van der Waals surface area (Å²) in [6.45, 7) is 6.76. The lowest BCUT2D eigenvalue weighted by Crippen LogP contribution is -1.93. The molecule has 6 nitrogen and oxygen atoms in total. The zero-order valence-corrected chi connectivity index (χ0v) is 40.0. The van der Waals surface area contributed by atoms with E-state index in [-0.39, 0.29) is 6.42 Å². The standard InChI is InChI=1S/C20H32O2.C18H36O2.C16H32O2/c1-2-3-4-5-6-7-8-9-10-11-12-13-14-15-16-17-18-19-20(21)22;1-2-3-4-5-6-7-8-9-10-11-12-13-14-15-16-17-18(19)20;1-2-3-4-5-6-7-8-9-10-11-12-13-14-15-16(17)18/h6-7,9-10,12-13,15-16H,2-5,8,11,14,17-19H2,1H3,(H,21,22);2-17H2,1H3,(H,19,20);2-15H2,1H3,(H,17,18)/b7-6-,10-9-,13-12-,16-15-;;. The van der Waals surface area contributed by atoms with Crippen LogP contribution in [0.4, 0.5) is 0 Å². The largest absolute Gasteiger partial charge is 0.481 e. The van der Waals surface area contributed by atoms with Crippen molar-refractivity contribution in [2.24, 2.45) is 0 Å². The molecule has 0 aromatic rings. The Labute approximate surface area is 372 Å². The maximum absolute atomic E-state index is 10.3. The van der Waals surface area contributed by atoms with Crippen molar-refractivity contribution in [2.45, 2.75) is 278 Å². The monoisotopic (exact) mass is 845 g/mol. The van der Waals surface area contributed by atoms with Crippen LogP contribution in [0.5, 0.6) is 0 Å². The van der Waals surface area contributed by atoms with Crippen LogP contribution >= 0.6 is 0 Å². The first-order valence-corrected chi connectivity index (χ1v) is 25.6. The summed E-state index contributed by atoms with van der Waals surface area (Å²) in [4.78, 5) is 30.9. The average Bonchev–Trinajstić information content (AvgIpc) is 3.22. The topological polar surface area (TPSA) is 112 Å². The third kappa shape index (κ3) is 70.0. The number of rotatable bonds is 44. The maximum atomic E-state index is 10.3. The first-order chi connectivity index (χ1) is 29.3. The normalized spacial score (nSPS) is 11.4. The number of aliphatic carboxylic acids is 3. The highest BCUT2D eigenvalue weighted by Gasteiger charge is 1.99. The lowest BCUT2D eigenvalue weighted by Gasteiger charge is -2.03. The van der Waals surface area contributed by atoms with Crippen LogP contribution < -0.4 is 0 Å². The summed E-state index contributed by atoms with van der Waals surface area (Å²) in [6.07, 6.45) is 64.8. The molecule has 0 radical (unpaired) electrons. The molecule has 0 aromatic carbocycles. The molecule has 0 saturated heterocycles. The van der Waals surface area contributed by atoms with Crippen molar-refractivity contribution in [2.75, 3.05) is 0 Å². The Hall–Kier alpha value is -2.63. The molecule has 0 aliphatic carbocycles. The van der Waals surface area contributed by atoms with Gasteiger partial charge in [0, 0.05) is 19.3 Å². The minimum atomic E-state index is -0.712. The van der Waals surface area contributed by atoms with E-state index in [2.05, 4.69) is 69.4 Å². The van der Waals surface area contributed by atoms with Crippen LogP contribution in [0.25, 0.3) is 0 Å². The van der Waals surface area contributed by atoms with Crippen LogP contribution in [-0.4, -0.2) is 33.2 Å². The second-order valence-electron chi connectivity index (χ2n) is 16.9. The molecular formula is C54H100O6. The highest BCUT2D eigenvalue weighted by molar-refractivity contribution is 5.67. The first-order valence-electron chi connectivity index (χ1n) is 25.6. The fourth-order valence-corrected chi connectivity index (χ4v) is 6.87. The average molecular weight is 845 g/mol. The van der Waals surface area contributed by atoms with Crippen LogP contribution in [0.1, 0.15) is 278 Å². The van der Waals surface area contributed by atoms with Gasteiger partial charge in [-0.3, -0.25) is 14.4 Å². The molecule has 0 rings (SSSR count). The molecule has 0 unspecified atom stereocenters. The van der Waals surface area contributed by atoms with Gasteiger partial charge in [-0.15, -0.1) is 0 Å². The lowest BCUT2D eigenvalue weighted by atomic mass is 10.0. The smallest absolute Gasteiger partial charge is 0.303 e. The molecule has 60 heavy (non-hydrogen) atoms. The summed E-state index contributed by atoms with van der Waals surface area (Å²) in [5, 5.41) is 25.5. The van der Waals surface area contributed by atoms with Gasteiger partial charge >= 0.3 is 17.9 Å². The van der Waals surface area contributed by atoms with E-state index in [0.717, 1.165) is 57.8 Å². The summed E-state index contributed by atoms with van der Waals surface area (Å²) >= 11 is 0. The highest BCUT2D eigenvalue weighted by atomic mass is 16.4. The van der Waals surface area contributed by atoms with Crippen molar-refractivity contribution >= 4 is 17.9 Å². The Balaban J connectivity index is -0.000000816. The minimum Gasteiger partial charge on any atom is -0.481 e. The predicted molar refractivity (Wildman–Crippen MR) is 261 cm³/mol. The van der Waals surface area contributed by atoms with E-state index >= 15 is 0 Å². The summed E-state index contributed by atoms with van der Waals surface area (Å²) in [5.74, 6) is -2.02. The number of hydrogen-bond acceptors (Lipinski definition) is 3. The fraction of sp³-hybridized carbons (Fsp3) is 0.796. The van der Waals surface area contributed by atoms with Gasteiger partial charge in [0.05, 0.1) is 0 Å². The van der Waals surface area contributed by atoms with Crippen LogP contribution in [-0.2, 0) is 14.4 Å². The SMILES string of the molecule is CCCCC/C=C\C/C=C\C/C=C\C/C=C\CCCC(=O)O.CCCCCCCCCCCCCCCC(=O)O.CCCCCCCCCCCCCCCCCC(=O)O. The Kier molecular flexibility index (Phi) is 60.1. The zero-order valence-electron chi connectivity index (χ0n) is 40.0. The van der Waals surface area contributed by atoms with E-state index in [1.807, 2.05) is 0 Å². The number of carbonyl (C=O) groups is 3.